The first kappa shape index (κ1) is 16.4. The summed E-state index contributed by atoms with van der Waals surface area (Å²) in [6.45, 7) is 5.75. The van der Waals surface area contributed by atoms with E-state index < -0.39 is 10.0 Å². The van der Waals surface area contributed by atoms with E-state index in [0.717, 1.165) is 25.0 Å². The Morgan fingerprint density at radius 3 is 2.86 bits per heavy atom. The smallest absolute Gasteiger partial charge is 0.238 e. The lowest BCUT2D eigenvalue weighted by atomic mass is 9.95. The highest BCUT2D eigenvalue weighted by Crippen LogP contribution is 2.20. The number of hydrogen-bond acceptors (Lipinski definition) is 4. The van der Waals surface area contributed by atoms with E-state index in [1.807, 2.05) is 6.07 Å². The van der Waals surface area contributed by atoms with Crippen molar-refractivity contribution in [1.29, 1.82) is 0 Å². The van der Waals surface area contributed by atoms with E-state index in [2.05, 4.69) is 19.2 Å². The third kappa shape index (κ3) is 4.78. The lowest BCUT2D eigenvalue weighted by molar-refractivity contribution is -0.0245. The molecule has 2 atom stereocenters. The maximum absolute atomic E-state index is 11.3. The molecule has 21 heavy (non-hydrogen) atoms. The van der Waals surface area contributed by atoms with Crippen molar-refractivity contribution >= 4 is 10.0 Å². The average Bonchev–Trinajstić information content (AvgIpc) is 2.45. The van der Waals surface area contributed by atoms with Gasteiger partial charge in [-0.2, -0.15) is 0 Å². The molecular formula is C15H24N2O3S. The maximum Gasteiger partial charge on any atom is 0.238 e. The van der Waals surface area contributed by atoms with Gasteiger partial charge in [-0.15, -0.1) is 0 Å². The van der Waals surface area contributed by atoms with Gasteiger partial charge in [-0.1, -0.05) is 26.0 Å². The Hall–Kier alpha value is -0.950. The molecule has 1 saturated heterocycles. The standard InChI is InChI=1S/C15H24N2O3S/c1-11(2)15-9-13(6-7-20-15)17-10-12-4-3-5-14(8-12)21(16,18)19/h3-5,8,11,13,15,17H,6-7,9-10H2,1-2H3,(H2,16,18,19). The molecule has 2 rings (SSSR count). The fourth-order valence-electron chi connectivity index (χ4n) is 2.57. The zero-order valence-electron chi connectivity index (χ0n) is 12.6. The van der Waals surface area contributed by atoms with Crippen molar-refractivity contribution in [2.75, 3.05) is 6.61 Å². The van der Waals surface area contributed by atoms with E-state index in [-0.39, 0.29) is 4.90 Å². The summed E-state index contributed by atoms with van der Waals surface area (Å²) < 4.78 is 28.4. The van der Waals surface area contributed by atoms with Crippen LogP contribution in [0, 0.1) is 5.92 Å². The fourth-order valence-corrected chi connectivity index (χ4v) is 3.16. The van der Waals surface area contributed by atoms with Gasteiger partial charge in [0, 0.05) is 19.2 Å². The van der Waals surface area contributed by atoms with Crippen molar-refractivity contribution in [2.24, 2.45) is 11.1 Å². The molecule has 0 aliphatic carbocycles. The van der Waals surface area contributed by atoms with E-state index in [0.29, 0.717) is 24.6 Å². The Kier molecular flexibility index (Phi) is 5.37. The molecular weight excluding hydrogens is 288 g/mol. The van der Waals surface area contributed by atoms with E-state index in [9.17, 15) is 8.42 Å². The van der Waals surface area contributed by atoms with E-state index in [1.165, 1.54) is 6.07 Å². The highest BCUT2D eigenvalue weighted by atomic mass is 32.2. The largest absolute Gasteiger partial charge is 0.378 e. The Morgan fingerprint density at radius 2 is 2.19 bits per heavy atom. The first-order valence-electron chi connectivity index (χ1n) is 7.33. The molecule has 0 amide bonds. The Labute approximate surface area is 126 Å². The van der Waals surface area contributed by atoms with Gasteiger partial charge in [-0.05, 0) is 36.5 Å². The second-order valence-electron chi connectivity index (χ2n) is 5.95. The van der Waals surface area contributed by atoms with Crippen molar-refractivity contribution in [2.45, 2.75) is 50.3 Å². The molecule has 0 aromatic heterocycles. The van der Waals surface area contributed by atoms with Crippen LogP contribution in [0.15, 0.2) is 29.2 Å². The lowest BCUT2D eigenvalue weighted by Crippen LogP contribution is -2.40. The predicted molar refractivity (Wildman–Crippen MR) is 82.3 cm³/mol. The van der Waals surface area contributed by atoms with Crippen LogP contribution >= 0.6 is 0 Å². The summed E-state index contributed by atoms with van der Waals surface area (Å²) in [5, 5.41) is 8.64. The summed E-state index contributed by atoms with van der Waals surface area (Å²) in [4.78, 5) is 0.161. The highest BCUT2D eigenvalue weighted by molar-refractivity contribution is 7.89. The molecule has 1 aromatic carbocycles. The quantitative estimate of drug-likeness (QED) is 0.866. The normalized spacial score (nSPS) is 23.4. The Bertz CT molecular complexity index is 572. The molecule has 6 heteroatoms. The van der Waals surface area contributed by atoms with Crippen molar-refractivity contribution in [3.8, 4) is 0 Å². The van der Waals surface area contributed by atoms with Gasteiger partial charge in [0.2, 0.25) is 10.0 Å². The minimum Gasteiger partial charge on any atom is -0.378 e. The second kappa shape index (κ2) is 6.87. The van der Waals surface area contributed by atoms with Gasteiger partial charge in [0.05, 0.1) is 11.0 Å². The zero-order valence-corrected chi connectivity index (χ0v) is 13.4. The summed E-state index contributed by atoms with van der Waals surface area (Å²) in [5.74, 6) is 0.514. The molecule has 1 fully saturated rings. The van der Waals surface area contributed by atoms with Gasteiger partial charge in [0.25, 0.3) is 0 Å². The van der Waals surface area contributed by atoms with Crippen LogP contribution in [0.25, 0.3) is 0 Å². The second-order valence-corrected chi connectivity index (χ2v) is 7.51. The summed E-state index contributed by atoms with van der Waals surface area (Å²) in [6.07, 6.45) is 2.27. The number of benzene rings is 1. The monoisotopic (exact) mass is 312 g/mol. The van der Waals surface area contributed by atoms with Crippen LogP contribution in [0.3, 0.4) is 0 Å². The minimum atomic E-state index is -3.64. The van der Waals surface area contributed by atoms with Gasteiger partial charge in [-0.25, -0.2) is 13.6 Å². The van der Waals surface area contributed by atoms with Crippen LogP contribution in [0.2, 0.25) is 0 Å². The number of primary sulfonamides is 1. The number of nitrogens with two attached hydrogens (primary N) is 1. The predicted octanol–water partition coefficient (Wildman–Crippen LogP) is 1.63. The maximum atomic E-state index is 11.3. The topological polar surface area (TPSA) is 81.4 Å². The highest BCUT2D eigenvalue weighted by Gasteiger charge is 2.24. The van der Waals surface area contributed by atoms with Crippen LogP contribution in [-0.2, 0) is 21.3 Å². The number of hydrogen-bond donors (Lipinski definition) is 2. The van der Waals surface area contributed by atoms with Crippen LogP contribution in [-0.4, -0.2) is 27.2 Å². The van der Waals surface area contributed by atoms with Gasteiger partial charge in [0.15, 0.2) is 0 Å². The SMILES string of the molecule is CC(C)C1CC(NCc2cccc(S(N)(=O)=O)c2)CCO1. The van der Waals surface area contributed by atoms with Crippen molar-refractivity contribution in [3.63, 3.8) is 0 Å². The summed E-state index contributed by atoms with van der Waals surface area (Å²) in [5.41, 5.74) is 0.925. The van der Waals surface area contributed by atoms with Gasteiger partial charge in [-0.3, -0.25) is 0 Å². The number of nitrogens with one attached hydrogen (secondary N) is 1. The third-order valence-electron chi connectivity index (χ3n) is 3.88. The van der Waals surface area contributed by atoms with Crippen molar-refractivity contribution < 1.29 is 13.2 Å². The molecule has 3 N–H and O–H groups in total. The molecule has 5 nitrogen and oxygen atoms in total. The molecule has 1 aromatic rings. The lowest BCUT2D eigenvalue weighted by Gasteiger charge is -2.32. The Morgan fingerprint density at radius 1 is 1.43 bits per heavy atom. The third-order valence-corrected chi connectivity index (χ3v) is 4.79. The van der Waals surface area contributed by atoms with Crippen molar-refractivity contribution in [3.05, 3.63) is 29.8 Å². The molecule has 1 aliphatic rings. The van der Waals surface area contributed by atoms with E-state index in [1.54, 1.807) is 12.1 Å². The molecule has 2 unspecified atom stereocenters. The first-order valence-corrected chi connectivity index (χ1v) is 8.87. The van der Waals surface area contributed by atoms with Crippen LogP contribution in [0.4, 0.5) is 0 Å². The molecule has 1 heterocycles. The van der Waals surface area contributed by atoms with Gasteiger partial charge < -0.3 is 10.1 Å². The summed E-state index contributed by atoms with van der Waals surface area (Å²) in [6, 6.07) is 7.17. The molecule has 118 valence electrons. The fraction of sp³-hybridized carbons (Fsp3) is 0.600. The van der Waals surface area contributed by atoms with Crippen molar-refractivity contribution in [1.82, 2.24) is 5.32 Å². The van der Waals surface area contributed by atoms with Gasteiger partial charge >= 0.3 is 0 Å². The van der Waals surface area contributed by atoms with Crippen LogP contribution in [0.1, 0.15) is 32.3 Å². The first-order chi connectivity index (χ1) is 9.86. The molecule has 1 aliphatic heterocycles. The molecule has 0 saturated carbocycles. The summed E-state index contributed by atoms with van der Waals surface area (Å²) in [7, 11) is -3.64. The molecule has 0 spiro atoms. The van der Waals surface area contributed by atoms with Crippen LogP contribution in [0.5, 0.6) is 0 Å². The number of ether oxygens (including phenoxy) is 1. The Balaban J connectivity index is 1.94. The molecule has 0 bridgehead atoms. The minimum absolute atomic E-state index is 0.161. The average molecular weight is 312 g/mol. The van der Waals surface area contributed by atoms with Crippen LogP contribution < -0.4 is 10.5 Å². The summed E-state index contributed by atoms with van der Waals surface area (Å²) >= 11 is 0. The van der Waals surface area contributed by atoms with E-state index >= 15 is 0 Å². The van der Waals surface area contributed by atoms with E-state index in [4.69, 9.17) is 9.88 Å². The number of rotatable bonds is 5. The number of sulfonamides is 1. The zero-order chi connectivity index (χ0) is 15.5. The van der Waals surface area contributed by atoms with Gasteiger partial charge in [0.1, 0.15) is 0 Å². The molecule has 0 radical (unpaired) electrons.